The molecule has 0 aromatic heterocycles. The van der Waals surface area contributed by atoms with Gasteiger partial charge in [-0.25, -0.2) is 0 Å². The number of ether oxygens (including phenoxy) is 2. The van der Waals surface area contributed by atoms with Gasteiger partial charge in [-0.2, -0.15) is 0 Å². The van der Waals surface area contributed by atoms with E-state index in [-0.39, 0.29) is 12.6 Å². The van der Waals surface area contributed by atoms with Crippen molar-refractivity contribution in [2.45, 2.75) is 31.8 Å². The standard InChI is InChI=1S/C16H32N4O4/c1-16(2)23-11-14(15(22)12-24-16)20-9-5-17-3-7-19(13-21)8-4-18-6-10-20/h13-15,17-18,22H,3-12H2,1-2H3. The molecule has 3 N–H and O–H groups in total. The van der Waals surface area contributed by atoms with Gasteiger partial charge in [-0.05, 0) is 13.8 Å². The first kappa shape index (κ1) is 19.6. The molecule has 0 bridgehead atoms. The van der Waals surface area contributed by atoms with Crippen LogP contribution in [0.4, 0.5) is 0 Å². The number of nitrogens with zero attached hydrogens (tertiary/aromatic N) is 2. The van der Waals surface area contributed by atoms with E-state index in [1.54, 1.807) is 4.90 Å². The number of carbonyl (C=O) groups excluding carboxylic acids is 1. The third-order valence-corrected chi connectivity index (χ3v) is 4.57. The Balaban J connectivity index is 1.91. The second kappa shape index (κ2) is 9.65. The van der Waals surface area contributed by atoms with Crippen LogP contribution in [0.3, 0.4) is 0 Å². The number of rotatable bonds is 2. The number of hydrogen-bond donors (Lipinski definition) is 3. The lowest BCUT2D eigenvalue weighted by molar-refractivity contribution is -0.204. The molecule has 8 heteroatoms. The fraction of sp³-hybridized carbons (Fsp3) is 0.938. The summed E-state index contributed by atoms with van der Waals surface area (Å²) >= 11 is 0. The molecule has 2 atom stereocenters. The lowest BCUT2D eigenvalue weighted by Crippen LogP contribution is -2.52. The molecule has 0 spiro atoms. The van der Waals surface area contributed by atoms with Crippen molar-refractivity contribution in [1.29, 1.82) is 0 Å². The van der Waals surface area contributed by atoms with Gasteiger partial charge in [0.25, 0.3) is 0 Å². The molecule has 2 aliphatic rings. The maximum atomic E-state index is 11.0. The lowest BCUT2D eigenvalue weighted by atomic mass is 10.1. The molecule has 0 aromatic carbocycles. The van der Waals surface area contributed by atoms with Crippen molar-refractivity contribution >= 4 is 6.41 Å². The van der Waals surface area contributed by atoms with Gasteiger partial charge >= 0.3 is 0 Å². The van der Waals surface area contributed by atoms with Gasteiger partial charge in [-0.3, -0.25) is 9.69 Å². The zero-order valence-electron chi connectivity index (χ0n) is 14.9. The summed E-state index contributed by atoms with van der Waals surface area (Å²) in [6, 6.07) is -0.0789. The molecule has 2 rings (SSSR count). The van der Waals surface area contributed by atoms with E-state index in [1.807, 2.05) is 13.8 Å². The second-order valence-corrected chi connectivity index (χ2v) is 6.83. The maximum Gasteiger partial charge on any atom is 0.209 e. The number of nitrogens with one attached hydrogen (secondary N) is 2. The zero-order chi connectivity index (χ0) is 17.4. The first-order valence-corrected chi connectivity index (χ1v) is 8.82. The van der Waals surface area contributed by atoms with E-state index in [1.165, 1.54) is 0 Å². The molecule has 2 saturated heterocycles. The van der Waals surface area contributed by atoms with E-state index in [4.69, 9.17) is 9.47 Å². The average molecular weight is 344 g/mol. The molecule has 0 saturated carbocycles. The molecule has 2 unspecified atom stereocenters. The van der Waals surface area contributed by atoms with Crippen molar-refractivity contribution in [3.63, 3.8) is 0 Å². The normalized spacial score (nSPS) is 31.5. The van der Waals surface area contributed by atoms with Gasteiger partial charge in [-0.1, -0.05) is 0 Å². The summed E-state index contributed by atoms with van der Waals surface area (Å²) in [4.78, 5) is 15.0. The predicted octanol–water partition coefficient (Wildman–Crippen LogP) is -1.55. The number of hydrogen-bond acceptors (Lipinski definition) is 7. The van der Waals surface area contributed by atoms with E-state index >= 15 is 0 Å². The molecule has 24 heavy (non-hydrogen) atoms. The fourth-order valence-electron chi connectivity index (χ4n) is 2.99. The molecule has 1 amide bonds. The first-order valence-electron chi connectivity index (χ1n) is 8.82. The SMILES string of the molecule is CC1(C)OCC(O)C(N2CCNCCN(C=O)CCNCC2)CO1. The van der Waals surface area contributed by atoms with Crippen LogP contribution < -0.4 is 10.6 Å². The quantitative estimate of drug-likeness (QED) is 0.523. The Morgan fingerprint density at radius 2 is 1.54 bits per heavy atom. The third-order valence-electron chi connectivity index (χ3n) is 4.57. The Morgan fingerprint density at radius 1 is 1.00 bits per heavy atom. The third kappa shape index (κ3) is 6.27. The number of aliphatic hydroxyl groups excluding tert-OH is 1. The minimum atomic E-state index is -0.656. The smallest absolute Gasteiger partial charge is 0.209 e. The second-order valence-electron chi connectivity index (χ2n) is 6.83. The van der Waals surface area contributed by atoms with E-state index in [0.29, 0.717) is 19.7 Å². The van der Waals surface area contributed by atoms with Crippen molar-refractivity contribution in [3.8, 4) is 0 Å². The summed E-state index contributed by atoms with van der Waals surface area (Å²) in [5.74, 6) is -0.656. The van der Waals surface area contributed by atoms with Gasteiger partial charge in [0, 0.05) is 52.4 Å². The highest BCUT2D eigenvalue weighted by Crippen LogP contribution is 2.20. The number of aliphatic hydroxyl groups is 1. The Labute approximate surface area is 144 Å². The van der Waals surface area contributed by atoms with Gasteiger partial charge in [-0.15, -0.1) is 0 Å². The summed E-state index contributed by atoms with van der Waals surface area (Å²) < 4.78 is 11.4. The Hall–Kier alpha value is -0.770. The highest BCUT2D eigenvalue weighted by Gasteiger charge is 2.34. The van der Waals surface area contributed by atoms with Crippen molar-refractivity contribution in [3.05, 3.63) is 0 Å². The zero-order valence-corrected chi connectivity index (χ0v) is 14.9. The highest BCUT2D eigenvalue weighted by molar-refractivity contribution is 5.46. The van der Waals surface area contributed by atoms with Crippen LogP contribution in [0.1, 0.15) is 13.8 Å². The van der Waals surface area contributed by atoms with Crippen molar-refractivity contribution in [2.75, 3.05) is 65.6 Å². The molecule has 2 fully saturated rings. The number of amides is 1. The Bertz CT molecular complexity index is 369. The van der Waals surface area contributed by atoms with Crippen LogP contribution in [-0.4, -0.2) is 105 Å². The van der Waals surface area contributed by atoms with E-state index in [0.717, 1.165) is 45.7 Å². The Morgan fingerprint density at radius 3 is 2.12 bits per heavy atom. The van der Waals surface area contributed by atoms with Crippen LogP contribution in [-0.2, 0) is 14.3 Å². The molecule has 8 nitrogen and oxygen atoms in total. The minimum Gasteiger partial charge on any atom is -0.389 e. The van der Waals surface area contributed by atoms with E-state index < -0.39 is 11.9 Å². The van der Waals surface area contributed by atoms with E-state index in [2.05, 4.69) is 15.5 Å². The van der Waals surface area contributed by atoms with Crippen LogP contribution in [0, 0.1) is 0 Å². The van der Waals surface area contributed by atoms with Crippen LogP contribution in [0.2, 0.25) is 0 Å². The first-order chi connectivity index (χ1) is 11.5. The highest BCUT2D eigenvalue weighted by atomic mass is 16.7. The largest absolute Gasteiger partial charge is 0.389 e. The van der Waals surface area contributed by atoms with E-state index in [9.17, 15) is 9.90 Å². The monoisotopic (exact) mass is 344 g/mol. The summed E-state index contributed by atoms with van der Waals surface area (Å²) in [5, 5.41) is 17.2. The fourth-order valence-corrected chi connectivity index (χ4v) is 2.99. The van der Waals surface area contributed by atoms with Crippen LogP contribution in [0.5, 0.6) is 0 Å². The minimum absolute atomic E-state index is 0.0789. The predicted molar refractivity (Wildman–Crippen MR) is 90.7 cm³/mol. The molecule has 2 aliphatic heterocycles. The lowest BCUT2D eigenvalue weighted by Gasteiger charge is -2.34. The van der Waals surface area contributed by atoms with Gasteiger partial charge in [0.05, 0.1) is 25.4 Å². The maximum absolute atomic E-state index is 11.0. The Kier molecular flexibility index (Phi) is 7.86. The average Bonchev–Trinajstić information content (AvgIpc) is 2.67. The molecular weight excluding hydrogens is 312 g/mol. The summed E-state index contributed by atoms with van der Waals surface area (Å²) in [6.07, 6.45) is 0.341. The summed E-state index contributed by atoms with van der Waals surface area (Å²) in [7, 11) is 0. The topological polar surface area (TPSA) is 86.3 Å². The van der Waals surface area contributed by atoms with Gasteiger partial charge < -0.3 is 30.1 Å². The van der Waals surface area contributed by atoms with Gasteiger partial charge in [0.1, 0.15) is 0 Å². The molecule has 0 aromatic rings. The summed E-state index contributed by atoms with van der Waals surface area (Å²) in [6.45, 7) is 10.7. The molecule has 140 valence electrons. The van der Waals surface area contributed by atoms with Crippen LogP contribution in [0.25, 0.3) is 0 Å². The molecule has 2 heterocycles. The molecule has 0 aliphatic carbocycles. The van der Waals surface area contributed by atoms with Crippen molar-refractivity contribution in [2.24, 2.45) is 0 Å². The van der Waals surface area contributed by atoms with Crippen molar-refractivity contribution < 1.29 is 19.4 Å². The van der Waals surface area contributed by atoms with Crippen LogP contribution in [0.15, 0.2) is 0 Å². The van der Waals surface area contributed by atoms with Crippen LogP contribution >= 0.6 is 0 Å². The van der Waals surface area contributed by atoms with Gasteiger partial charge in [0.15, 0.2) is 5.79 Å². The summed E-state index contributed by atoms with van der Waals surface area (Å²) in [5.41, 5.74) is 0. The molecule has 0 radical (unpaired) electrons. The van der Waals surface area contributed by atoms with Crippen molar-refractivity contribution in [1.82, 2.24) is 20.4 Å². The molecular formula is C16H32N4O4. The van der Waals surface area contributed by atoms with Gasteiger partial charge in [0.2, 0.25) is 6.41 Å². The number of carbonyl (C=O) groups is 1.